The zero-order valence-corrected chi connectivity index (χ0v) is 12.5. The second kappa shape index (κ2) is 6.72. The van der Waals surface area contributed by atoms with Gasteiger partial charge in [-0.05, 0) is 23.6 Å². The molecule has 20 heavy (non-hydrogen) atoms. The van der Waals surface area contributed by atoms with E-state index >= 15 is 0 Å². The van der Waals surface area contributed by atoms with Crippen molar-refractivity contribution in [3.63, 3.8) is 0 Å². The van der Waals surface area contributed by atoms with Gasteiger partial charge in [-0.15, -0.1) is 0 Å². The minimum absolute atomic E-state index is 0.0191. The Morgan fingerprint density at radius 2 is 1.95 bits per heavy atom. The highest BCUT2D eigenvalue weighted by molar-refractivity contribution is 6.39. The lowest BCUT2D eigenvalue weighted by molar-refractivity contribution is -0.136. The van der Waals surface area contributed by atoms with Crippen molar-refractivity contribution < 1.29 is 14.7 Å². The zero-order chi connectivity index (χ0) is 15.3. The lowest BCUT2D eigenvalue weighted by atomic mass is 9.89. The summed E-state index contributed by atoms with van der Waals surface area (Å²) in [4.78, 5) is 23.2. The maximum Gasteiger partial charge on any atom is 0.313 e. The average Bonchev–Trinajstić information content (AvgIpc) is 2.34. The van der Waals surface area contributed by atoms with Crippen molar-refractivity contribution in [1.29, 1.82) is 0 Å². The summed E-state index contributed by atoms with van der Waals surface area (Å²) in [6.07, 6.45) is -0.731. The summed E-state index contributed by atoms with van der Waals surface area (Å²) in [7, 11) is 0. The summed E-state index contributed by atoms with van der Waals surface area (Å²) in [5.74, 6) is -1.60. The van der Waals surface area contributed by atoms with E-state index in [0.29, 0.717) is 10.7 Å². The number of hydrogen-bond acceptors (Lipinski definition) is 3. The van der Waals surface area contributed by atoms with Crippen molar-refractivity contribution in [3.8, 4) is 0 Å². The predicted molar refractivity (Wildman–Crippen MR) is 78.6 cm³/mol. The Morgan fingerprint density at radius 1 is 1.30 bits per heavy atom. The molecule has 6 heteroatoms. The minimum atomic E-state index is -0.798. The molecule has 1 atom stereocenters. The van der Waals surface area contributed by atoms with Crippen LogP contribution < -0.4 is 10.6 Å². The number of aliphatic hydroxyl groups excluding tert-OH is 1. The first kappa shape index (κ1) is 16.5. The molecule has 0 spiro atoms. The molecule has 5 nitrogen and oxygen atoms in total. The summed E-state index contributed by atoms with van der Waals surface area (Å²) in [5, 5.41) is 15.1. The van der Waals surface area contributed by atoms with Crippen LogP contribution in [0.2, 0.25) is 5.02 Å². The molecule has 110 valence electrons. The molecule has 1 unspecified atom stereocenters. The van der Waals surface area contributed by atoms with Crippen molar-refractivity contribution in [3.05, 3.63) is 29.3 Å². The van der Waals surface area contributed by atoms with Crippen LogP contribution in [0.25, 0.3) is 0 Å². The van der Waals surface area contributed by atoms with Crippen molar-refractivity contribution in [2.45, 2.75) is 26.9 Å². The molecule has 0 aromatic heterocycles. The van der Waals surface area contributed by atoms with E-state index in [9.17, 15) is 14.7 Å². The SMILES string of the molecule is CC(C)(C)C(O)CNC(=O)C(=O)Nc1cccc(Cl)c1. The van der Waals surface area contributed by atoms with Gasteiger partial charge in [-0.25, -0.2) is 0 Å². The van der Waals surface area contributed by atoms with Crippen LogP contribution in [-0.4, -0.2) is 29.6 Å². The van der Waals surface area contributed by atoms with Crippen LogP contribution in [0, 0.1) is 5.41 Å². The van der Waals surface area contributed by atoms with E-state index in [0.717, 1.165) is 0 Å². The topological polar surface area (TPSA) is 78.4 Å². The molecular formula is C14H19ClN2O3. The first-order valence-electron chi connectivity index (χ1n) is 6.23. The molecule has 1 aromatic carbocycles. The predicted octanol–water partition coefficient (Wildman–Crippen LogP) is 1.80. The monoisotopic (exact) mass is 298 g/mol. The second-order valence-electron chi connectivity index (χ2n) is 5.56. The molecule has 0 heterocycles. The van der Waals surface area contributed by atoms with Gasteiger partial charge in [0.15, 0.2) is 0 Å². The maximum absolute atomic E-state index is 11.6. The number of aliphatic hydroxyl groups is 1. The quantitative estimate of drug-likeness (QED) is 0.745. The van der Waals surface area contributed by atoms with Gasteiger partial charge in [0, 0.05) is 17.3 Å². The zero-order valence-electron chi connectivity index (χ0n) is 11.7. The third-order valence-corrected chi connectivity index (χ3v) is 2.98. The van der Waals surface area contributed by atoms with Gasteiger partial charge in [-0.1, -0.05) is 38.4 Å². The Balaban J connectivity index is 2.50. The Bertz CT molecular complexity index is 497. The van der Waals surface area contributed by atoms with Gasteiger partial charge in [0.1, 0.15) is 0 Å². The molecule has 0 aliphatic rings. The third-order valence-electron chi connectivity index (χ3n) is 2.74. The van der Waals surface area contributed by atoms with E-state index < -0.39 is 17.9 Å². The molecule has 1 aromatic rings. The van der Waals surface area contributed by atoms with Crippen molar-refractivity contribution in [1.82, 2.24) is 5.32 Å². The first-order chi connectivity index (χ1) is 9.20. The summed E-state index contributed by atoms with van der Waals surface area (Å²) >= 11 is 5.78. The van der Waals surface area contributed by atoms with Gasteiger partial charge >= 0.3 is 11.8 Å². The minimum Gasteiger partial charge on any atom is -0.391 e. The second-order valence-corrected chi connectivity index (χ2v) is 5.99. The summed E-state index contributed by atoms with van der Waals surface area (Å²) < 4.78 is 0. The van der Waals surface area contributed by atoms with Crippen molar-refractivity contribution in [2.75, 3.05) is 11.9 Å². The summed E-state index contributed by atoms with van der Waals surface area (Å²) in [6.45, 7) is 5.55. The smallest absolute Gasteiger partial charge is 0.313 e. The van der Waals surface area contributed by atoms with Crippen LogP contribution in [-0.2, 0) is 9.59 Å². The molecule has 0 aliphatic carbocycles. The molecule has 0 radical (unpaired) electrons. The number of carbonyl (C=O) groups excluding carboxylic acids is 2. The fourth-order valence-corrected chi connectivity index (χ4v) is 1.52. The number of hydrogen-bond donors (Lipinski definition) is 3. The van der Waals surface area contributed by atoms with Gasteiger partial charge in [-0.3, -0.25) is 9.59 Å². The van der Waals surface area contributed by atoms with Crippen LogP contribution in [0.15, 0.2) is 24.3 Å². The highest BCUT2D eigenvalue weighted by Gasteiger charge is 2.23. The summed E-state index contributed by atoms with van der Waals surface area (Å²) in [6, 6.07) is 6.49. The van der Waals surface area contributed by atoms with E-state index in [1.807, 2.05) is 20.8 Å². The Hall–Kier alpha value is -1.59. The Morgan fingerprint density at radius 3 is 2.50 bits per heavy atom. The number of nitrogens with one attached hydrogen (secondary N) is 2. The van der Waals surface area contributed by atoms with Crippen LogP contribution in [0.3, 0.4) is 0 Å². The molecule has 2 amide bonds. The van der Waals surface area contributed by atoms with Gasteiger partial charge in [0.05, 0.1) is 6.10 Å². The first-order valence-corrected chi connectivity index (χ1v) is 6.61. The average molecular weight is 299 g/mol. The van der Waals surface area contributed by atoms with Gasteiger partial charge < -0.3 is 15.7 Å². The van der Waals surface area contributed by atoms with E-state index in [1.165, 1.54) is 6.07 Å². The van der Waals surface area contributed by atoms with Crippen LogP contribution in [0.5, 0.6) is 0 Å². The maximum atomic E-state index is 11.6. The molecule has 0 bridgehead atoms. The van der Waals surface area contributed by atoms with Crippen LogP contribution in [0.1, 0.15) is 20.8 Å². The largest absolute Gasteiger partial charge is 0.391 e. The standard InChI is InChI=1S/C14H19ClN2O3/c1-14(2,3)11(18)8-16-12(19)13(20)17-10-6-4-5-9(15)7-10/h4-7,11,18H,8H2,1-3H3,(H,16,19)(H,17,20). The lowest BCUT2D eigenvalue weighted by Crippen LogP contribution is -2.43. The van der Waals surface area contributed by atoms with E-state index in [-0.39, 0.29) is 12.0 Å². The molecule has 0 fully saturated rings. The van der Waals surface area contributed by atoms with E-state index in [1.54, 1.807) is 18.2 Å². The van der Waals surface area contributed by atoms with Gasteiger partial charge in [-0.2, -0.15) is 0 Å². The Kier molecular flexibility index (Phi) is 5.53. The highest BCUT2D eigenvalue weighted by atomic mass is 35.5. The third kappa shape index (κ3) is 5.19. The number of amides is 2. The lowest BCUT2D eigenvalue weighted by Gasteiger charge is -2.25. The number of anilines is 1. The molecule has 0 saturated heterocycles. The van der Waals surface area contributed by atoms with E-state index in [2.05, 4.69) is 10.6 Å². The van der Waals surface area contributed by atoms with Gasteiger partial charge in [0.2, 0.25) is 0 Å². The molecule has 0 aliphatic heterocycles. The van der Waals surface area contributed by atoms with Gasteiger partial charge in [0.25, 0.3) is 0 Å². The summed E-state index contributed by atoms with van der Waals surface area (Å²) in [5.41, 5.74) is 0.0745. The fraction of sp³-hybridized carbons (Fsp3) is 0.429. The number of carbonyl (C=O) groups is 2. The van der Waals surface area contributed by atoms with Crippen molar-refractivity contribution in [2.24, 2.45) is 5.41 Å². The number of benzene rings is 1. The fourth-order valence-electron chi connectivity index (χ4n) is 1.33. The number of halogens is 1. The Labute approximate surface area is 123 Å². The highest BCUT2D eigenvalue weighted by Crippen LogP contribution is 2.18. The molecular weight excluding hydrogens is 280 g/mol. The molecule has 1 rings (SSSR count). The normalized spacial score (nSPS) is 12.7. The van der Waals surface area contributed by atoms with Crippen LogP contribution in [0.4, 0.5) is 5.69 Å². The van der Waals surface area contributed by atoms with E-state index in [4.69, 9.17) is 11.6 Å². The number of rotatable bonds is 3. The van der Waals surface area contributed by atoms with Crippen molar-refractivity contribution >= 4 is 29.1 Å². The molecule has 3 N–H and O–H groups in total. The molecule has 0 saturated carbocycles. The van der Waals surface area contributed by atoms with Crippen LogP contribution >= 0.6 is 11.6 Å².